The van der Waals surface area contributed by atoms with Gasteiger partial charge in [0.2, 0.25) is 0 Å². The van der Waals surface area contributed by atoms with Crippen molar-refractivity contribution in [2.24, 2.45) is 0 Å². The van der Waals surface area contributed by atoms with Gasteiger partial charge in [-0.2, -0.15) is 0 Å². The van der Waals surface area contributed by atoms with Crippen molar-refractivity contribution in [3.05, 3.63) is 40.4 Å². The van der Waals surface area contributed by atoms with Gasteiger partial charge in [0, 0.05) is 26.7 Å². The predicted molar refractivity (Wildman–Crippen MR) is 67.5 cm³/mol. The van der Waals surface area contributed by atoms with E-state index in [1.54, 1.807) is 11.8 Å². The Hall–Kier alpha value is -0.710. The Balaban J connectivity index is 1.99. The van der Waals surface area contributed by atoms with Crippen molar-refractivity contribution in [1.29, 1.82) is 0 Å². The van der Waals surface area contributed by atoms with E-state index in [1.807, 2.05) is 30.5 Å². The van der Waals surface area contributed by atoms with E-state index in [1.165, 1.54) is 16.2 Å². The third kappa shape index (κ3) is 3.12. The van der Waals surface area contributed by atoms with Crippen molar-refractivity contribution in [3.8, 4) is 0 Å². The van der Waals surface area contributed by atoms with Gasteiger partial charge in [0.05, 0.1) is 0 Å². The van der Waals surface area contributed by atoms with Crippen molar-refractivity contribution in [1.82, 2.24) is 4.98 Å². The standard InChI is InChI=1S/C10H9ClN2S2/c11-7-2-1-3-8(4-7)14-6-9-5-13-10(12)15-9/h1-5H,6H2,(H2,12,13). The van der Waals surface area contributed by atoms with Gasteiger partial charge in [-0.05, 0) is 18.2 Å². The smallest absolute Gasteiger partial charge is 0.180 e. The fourth-order valence-corrected chi connectivity index (χ4v) is 3.02. The summed E-state index contributed by atoms with van der Waals surface area (Å²) < 4.78 is 0. The zero-order valence-corrected chi connectivity index (χ0v) is 10.2. The minimum atomic E-state index is 0.622. The van der Waals surface area contributed by atoms with Crippen molar-refractivity contribution in [2.45, 2.75) is 10.6 Å². The van der Waals surface area contributed by atoms with E-state index in [0.717, 1.165) is 15.7 Å². The first-order valence-corrected chi connectivity index (χ1v) is 6.50. The van der Waals surface area contributed by atoms with Crippen LogP contribution in [0.5, 0.6) is 0 Å². The zero-order chi connectivity index (χ0) is 10.7. The third-order valence-electron chi connectivity index (χ3n) is 1.75. The van der Waals surface area contributed by atoms with Crippen LogP contribution in [0.3, 0.4) is 0 Å². The van der Waals surface area contributed by atoms with Gasteiger partial charge >= 0.3 is 0 Å². The molecule has 0 saturated carbocycles. The SMILES string of the molecule is Nc1ncc(CSc2cccc(Cl)c2)s1. The Morgan fingerprint density at radius 2 is 2.33 bits per heavy atom. The average molecular weight is 257 g/mol. The number of nitrogens with two attached hydrogens (primary N) is 1. The van der Waals surface area contributed by atoms with Gasteiger partial charge in [0.25, 0.3) is 0 Å². The van der Waals surface area contributed by atoms with E-state index in [4.69, 9.17) is 17.3 Å². The molecule has 0 atom stereocenters. The van der Waals surface area contributed by atoms with Crippen molar-refractivity contribution < 1.29 is 0 Å². The van der Waals surface area contributed by atoms with Gasteiger partial charge < -0.3 is 5.73 Å². The molecule has 78 valence electrons. The molecule has 1 heterocycles. The van der Waals surface area contributed by atoms with Crippen LogP contribution < -0.4 is 5.73 Å². The zero-order valence-electron chi connectivity index (χ0n) is 7.81. The van der Waals surface area contributed by atoms with Crippen LogP contribution in [-0.4, -0.2) is 4.98 Å². The molecule has 5 heteroatoms. The van der Waals surface area contributed by atoms with Gasteiger partial charge in [-0.1, -0.05) is 17.7 Å². The Bertz CT molecular complexity index is 456. The van der Waals surface area contributed by atoms with Gasteiger partial charge in [-0.25, -0.2) is 4.98 Å². The lowest BCUT2D eigenvalue weighted by molar-refractivity contribution is 1.36. The molecule has 15 heavy (non-hydrogen) atoms. The summed E-state index contributed by atoms with van der Waals surface area (Å²) in [6.07, 6.45) is 1.82. The lowest BCUT2D eigenvalue weighted by Crippen LogP contribution is -1.77. The Morgan fingerprint density at radius 3 is 3.00 bits per heavy atom. The van der Waals surface area contributed by atoms with E-state index in [2.05, 4.69) is 4.98 Å². The number of halogens is 1. The second kappa shape index (κ2) is 4.88. The summed E-state index contributed by atoms with van der Waals surface area (Å²) in [5.41, 5.74) is 5.55. The fraction of sp³-hybridized carbons (Fsp3) is 0.100. The topological polar surface area (TPSA) is 38.9 Å². The van der Waals surface area contributed by atoms with Gasteiger partial charge in [0.15, 0.2) is 5.13 Å². The van der Waals surface area contributed by atoms with E-state index in [-0.39, 0.29) is 0 Å². The van der Waals surface area contributed by atoms with Crippen LogP contribution in [-0.2, 0) is 5.75 Å². The highest BCUT2D eigenvalue weighted by Crippen LogP contribution is 2.27. The number of thiazole rings is 1. The van der Waals surface area contributed by atoms with Crippen LogP contribution in [0.15, 0.2) is 35.4 Å². The summed E-state index contributed by atoms with van der Waals surface area (Å²) in [5, 5.41) is 1.39. The van der Waals surface area contributed by atoms with E-state index in [9.17, 15) is 0 Å². The molecule has 2 aromatic rings. The van der Waals surface area contributed by atoms with Gasteiger partial charge in [0.1, 0.15) is 0 Å². The molecular weight excluding hydrogens is 248 g/mol. The highest BCUT2D eigenvalue weighted by molar-refractivity contribution is 7.98. The predicted octanol–water partition coefficient (Wildman–Crippen LogP) is 3.67. The summed E-state index contributed by atoms with van der Waals surface area (Å²) in [5.74, 6) is 0.884. The maximum atomic E-state index is 5.89. The second-order valence-electron chi connectivity index (χ2n) is 2.91. The van der Waals surface area contributed by atoms with Crippen LogP contribution in [0.4, 0.5) is 5.13 Å². The summed E-state index contributed by atoms with van der Waals surface area (Å²) >= 11 is 9.14. The molecule has 0 amide bonds. The molecule has 0 aliphatic carbocycles. The molecule has 0 radical (unpaired) electrons. The fourth-order valence-electron chi connectivity index (χ4n) is 1.10. The molecule has 2 rings (SSSR count). The minimum Gasteiger partial charge on any atom is -0.375 e. The summed E-state index contributed by atoms with van der Waals surface area (Å²) in [6.45, 7) is 0. The average Bonchev–Trinajstić information content (AvgIpc) is 2.62. The molecule has 0 spiro atoms. The molecule has 0 bridgehead atoms. The van der Waals surface area contributed by atoms with Gasteiger partial charge in [-0.15, -0.1) is 23.1 Å². The van der Waals surface area contributed by atoms with Crippen LogP contribution in [0.1, 0.15) is 4.88 Å². The number of hydrogen-bond acceptors (Lipinski definition) is 4. The number of rotatable bonds is 3. The lowest BCUT2D eigenvalue weighted by atomic mass is 10.4. The molecule has 0 aliphatic heterocycles. The number of thioether (sulfide) groups is 1. The maximum Gasteiger partial charge on any atom is 0.180 e. The monoisotopic (exact) mass is 256 g/mol. The number of hydrogen-bond donors (Lipinski definition) is 1. The molecular formula is C10H9ClN2S2. The molecule has 2 N–H and O–H groups in total. The summed E-state index contributed by atoms with van der Waals surface area (Å²) in [7, 11) is 0. The molecule has 1 aromatic carbocycles. The quantitative estimate of drug-likeness (QED) is 0.852. The largest absolute Gasteiger partial charge is 0.375 e. The minimum absolute atomic E-state index is 0.622. The first-order chi connectivity index (χ1) is 7.24. The molecule has 2 nitrogen and oxygen atoms in total. The van der Waals surface area contributed by atoms with Gasteiger partial charge in [-0.3, -0.25) is 0 Å². The molecule has 0 unspecified atom stereocenters. The van der Waals surface area contributed by atoms with Crippen LogP contribution >= 0.6 is 34.7 Å². The lowest BCUT2D eigenvalue weighted by Gasteiger charge is -1.99. The molecule has 0 fully saturated rings. The van der Waals surface area contributed by atoms with Crippen LogP contribution in [0.25, 0.3) is 0 Å². The summed E-state index contributed by atoms with van der Waals surface area (Å²) in [6, 6.07) is 7.82. The van der Waals surface area contributed by atoms with Crippen molar-refractivity contribution in [3.63, 3.8) is 0 Å². The number of aromatic nitrogens is 1. The number of benzene rings is 1. The Morgan fingerprint density at radius 1 is 1.47 bits per heavy atom. The first-order valence-electron chi connectivity index (χ1n) is 4.32. The molecule has 1 aromatic heterocycles. The van der Waals surface area contributed by atoms with Crippen LogP contribution in [0.2, 0.25) is 5.02 Å². The van der Waals surface area contributed by atoms with E-state index in [0.29, 0.717) is 5.13 Å². The second-order valence-corrected chi connectivity index (χ2v) is 5.54. The van der Waals surface area contributed by atoms with Crippen molar-refractivity contribution in [2.75, 3.05) is 5.73 Å². The number of nitrogen functional groups attached to an aromatic ring is 1. The third-order valence-corrected chi connectivity index (χ3v) is 4.04. The van der Waals surface area contributed by atoms with Crippen LogP contribution in [0, 0.1) is 0 Å². The normalized spacial score (nSPS) is 10.5. The highest BCUT2D eigenvalue weighted by atomic mass is 35.5. The van der Waals surface area contributed by atoms with Crippen molar-refractivity contribution >= 4 is 39.8 Å². The van der Waals surface area contributed by atoms with E-state index >= 15 is 0 Å². The molecule has 0 saturated heterocycles. The first kappa shape index (κ1) is 10.8. The molecule has 0 aliphatic rings. The number of nitrogens with zero attached hydrogens (tertiary/aromatic N) is 1. The Kier molecular flexibility index (Phi) is 3.51. The maximum absolute atomic E-state index is 5.89. The van der Waals surface area contributed by atoms with E-state index < -0.39 is 0 Å². The summed E-state index contributed by atoms with van der Waals surface area (Å²) in [4.78, 5) is 6.34. The number of anilines is 1. The Labute approximate surface area is 101 Å². The highest BCUT2D eigenvalue weighted by Gasteiger charge is 2.00.